The maximum Gasteiger partial charge on any atom is 0.228 e. The molecule has 0 amide bonds. The van der Waals surface area contributed by atoms with Gasteiger partial charge in [-0.05, 0) is 25.2 Å². The lowest BCUT2D eigenvalue weighted by Gasteiger charge is -2.14. The first-order valence-electron chi connectivity index (χ1n) is 12.5. The lowest BCUT2D eigenvalue weighted by molar-refractivity contribution is -0.114. The van der Waals surface area contributed by atoms with Crippen molar-refractivity contribution in [1.29, 1.82) is 0 Å². The lowest BCUT2D eigenvalue weighted by Crippen LogP contribution is -2.25. The summed E-state index contributed by atoms with van der Waals surface area (Å²) in [6.07, 6.45) is 23.7. The fourth-order valence-electron chi connectivity index (χ4n) is 3.85. The Labute approximate surface area is 176 Å². The highest BCUT2D eigenvalue weighted by atomic mass is 16.5. The number of rotatable bonds is 19. The summed E-state index contributed by atoms with van der Waals surface area (Å²) >= 11 is 0. The van der Waals surface area contributed by atoms with E-state index in [9.17, 15) is 10.2 Å². The van der Waals surface area contributed by atoms with Crippen molar-refractivity contribution >= 4 is 0 Å². The van der Waals surface area contributed by atoms with Gasteiger partial charge in [0.05, 0.1) is 0 Å². The van der Waals surface area contributed by atoms with E-state index in [0.717, 1.165) is 25.7 Å². The lowest BCUT2D eigenvalue weighted by atomic mass is 9.95. The van der Waals surface area contributed by atoms with Crippen molar-refractivity contribution in [2.75, 3.05) is 0 Å². The van der Waals surface area contributed by atoms with Crippen LogP contribution in [0.4, 0.5) is 0 Å². The van der Waals surface area contributed by atoms with Crippen LogP contribution in [0, 0.1) is 17.8 Å². The van der Waals surface area contributed by atoms with Crippen LogP contribution in [0.25, 0.3) is 0 Å². The summed E-state index contributed by atoms with van der Waals surface area (Å²) in [5.41, 5.74) is 0. The largest absolute Gasteiger partial charge is 0.356 e. The summed E-state index contributed by atoms with van der Waals surface area (Å²) in [5.74, 6) is 4.37. The summed E-state index contributed by atoms with van der Waals surface area (Å²) in [6, 6.07) is 0. The maximum absolute atomic E-state index is 9.81. The molecule has 0 heterocycles. The molecule has 0 aromatic rings. The molecule has 2 nitrogen and oxygen atoms in total. The fraction of sp³-hybridized carbons (Fsp3) is 0.923. The van der Waals surface area contributed by atoms with Gasteiger partial charge in [-0.15, -0.1) is 0 Å². The van der Waals surface area contributed by atoms with Gasteiger partial charge in [0.25, 0.3) is 0 Å². The van der Waals surface area contributed by atoms with Crippen molar-refractivity contribution in [2.24, 2.45) is 5.92 Å². The standard InChI is InChI=1S/C26H50O2/c1-4-7-8-9-10-11-12-13-14-15-16-17-18-19-21-25(20-5-2)22-24-26(27,28)23-6-3/h25,27-28H,4-21,23H2,1-3H3. The van der Waals surface area contributed by atoms with Gasteiger partial charge in [-0.1, -0.05) is 123 Å². The molecule has 28 heavy (non-hydrogen) atoms. The van der Waals surface area contributed by atoms with Gasteiger partial charge in [-0.3, -0.25) is 0 Å². The molecule has 0 aromatic heterocycles. The quantitative estimate of drug-likeness (QED) is 0.133. The number of unbranched alkanes of at least 4 members (excludes halogenated alkanes) is 13. The Morgan fingerprint density at radius 2 is 1.04 bits per heavy atom. The van der Waals surface area contributed by atoms with Gasteiger partial charge in [-0.25, -0.2) is 0 Å². The monoisotopic (exact) mass is 394 g/mol. The summed E-state index contributed by atoms with van der Waals surface area (Å²) in [5, 5.41) is 19.6. The first kappa shape index (κ1) is 27.5. The number of hydrogen-bond donors (Lipinski definition) is 2. The highest BCUT2D eigenvalue weighted by Crippen LogP contribution is 2.18. The first-order chi connectivity index (χ1) is 13.6. The van der Waals surface area contributed by atoms with E-state index in [1.54, 1.807) is 0 Å². The zero-order valence-corrected chi connectivity index (χ0v) is 19.4. The summed E-state index contributed by atoms with van der Waals surface area (Å²) in [7, 11) is 0. The molecule has 0 fully saturated rings. The first-order valence-corrected chi connectivity index (χ1v) is 12.5. The maximum atomic E-state index is 9.81. The minimum Gasteiger partial charge on any atom is -0.356 e. The summed E-state index contributed by atoms with van der Waals surface area (Å²) < 4.78 is 0. The van der Waals surface area contributed by atoms with E-state index in [1.165, 1.54) is 89.9 Å². The van der Waals surface area contributed by atoms with Crippen LogP contribution in [0.1, 0.15) is 143 Å². The molecule has 0 saturated heterocycles. The smallest absolute Gasteiger partial charge is 0.228 e. The Morgan fingerprint density at radius 1 is 0.571 bits per heavy atom. The summed E-state index contributed by atoms with van der Waals surface area (Å²) in [6.45, 7) is 6.40. The van der Waals surface area contributed by atoms with E-state index in [4.69, 9.17) is 0 Å². The van der Waals surface area contributed by atoms with Crippen LogP contribution >= 0.6 is 0 Å². The predicted molar refractivity (Wildman–Crippen MR) is 123 cm³/mol. The molecule has 0 aliphatic rings. The van der Waals surface area contributed by atoms with Crippen molar-refractivity contribution in [3.63, 3.8) is 0 Å². The molecule has 0 bridgehead atoms. The topological polar surface area (TPSA) is 40.5 Å². The van der Waals surface area contributed by atoms with Gasteiger partial charge >= 0.3 is 0 Å². The van der Waals surface area contributed by atoms with Crippen LogP contribution in [0.5, 0.6) is 0 Å². The zero-order valence-electron chi connectivity index (χ0n) is 19.4. The predicted octanol–water partition coefficient (Wildman–Crippen LogP) is 7.76. The molecule has 1 atom stereocenters. The molecule has 0 saturated carbocycles. The van der Waals surface area contributed by atoms with Crippen molar-refractivity contribution in [1.82, 2.24) is 0 Å². The van der Waals surface area contributed by atoms with E-state index >= 15 is 0 Å². The normalized spacial score (nSPS) is 12.6. The average Bonchev–Trinajstić information content (AvgIpc) is 2.66. The number of aliphatic hydroxyl groups is 2. The van der Waals surface area contributed by atoms with E-state index in [1.807, 2.05) is 6.92 Å². The molecule has 0 radical (unpaired) electrons. The van der Waals surface area contributed by atoms with Gasteiger partial charge in [0, 0.05) is 12.3 Å². The van der Waals surface area contributed by atoms with E-state index in [2.05, 4.69) is 25.7 Å². The SMILES string of the molecule is CCCCCCCCCCCCCCCCC(C#CC(O)(O)CCC)CCC. The average molecular weight is 395 g/mol. The Hall–Kier alpha value is -0.520. The van der Waals surface area contributed by atoms with Crippen LogP contribution in [-0.2, 0) is 0 Å². The van der Waals surface area contributed by atoms with Crippen LogP contribution < -0.4 is 0 Å². The van der Waals surface area contributed by atoms with Crippen LogP contribution in [-0.4, -0.2) is 16.0 Å². The molecule has 2 N–H and O–H groups in total. The third-order valence-corrected chi connectivity index (χ3v) is 5.62. The molecule has 166 valence electrons. The Kier molecular flexibility index (Phi) is 19.4. The van der Waals surface area contributed by atoms with Gasteiger partial charge in [0.2, 0.25) is 5.79 Å². The second-order valence-electron chi connectivity index (χ2n) is 8.71. The Morgan fingerprint density at radius 3 is 1.46 bits per heavy atom. The third kappa shape index (κ3) is 18.8. The summed E-state index contributed by atoms with van der Waals surface area (Å²) in [4.78, 5) is 0. The molecular formula is C26H50O2. The van der Waals surface area contributed by atoms with Crippen molar-refractivity contribution < 1.29 is 10.2 Å². The van der Waals surface area contributed by atoms with Crippen molar-refractivity contribution in [2.45, 2.75) is 149 Å². The molecular weight excluding hydrogens is 344 g/mol. The highest BCUT2D eigenvalue weighted by Gasteiger charge is 2.18. The van der Waals surface area contributed by atoms with Crippen LogP contribution in [0.15, 0.2) is 0 Å². The minimum atomic E-state index is -1.80. The Bertz CT molecular complexity index is 378. The van der Waals surface area contributed by atoms with Gasteiger partial charge in [0.1, 0.15) is 0 Å². The van der Waals surface area contributed by atoms with Crippen LogP contribution in [0.3, 0.4) is 0 Å². The van der Waals surface area contributed by atoms with Crippen LogP contribution in [0.2, 0.25) is 0 Å². The molecule has 0 aliphatic carbocycles. The molecule has 0 aromatic carbocycles. The molecule has 2 heteroatoms. The fourth-order valence-corrected chi connectivity index (χ4v) is 3.85. The van der Waals surface area contributed by atoms with Gasteiger partial charge < -0.3 is 10.2 Å². The highest BCUT2D eigenvalue weighted by molar-refractivity contribution is 5.11. The van der Waals surface area contributed by atoms with Gasteiger partial charge in [-0.2, -0.15) is 0 Å². The molecule has 0 rings (SSSR count). The second-order valence-corrected chi connectivity index (χ2v) is 8.71. The van der Waals surface area contributed by atoms with E-state index in [-0.39, 0.29) is 0 Å². The van der Waals surface area contributed by atoms with Crippen molar-refractivity contribution in [3.05, 3.63) is 0 Å². The van der Waals surface area contributed by atoms with E-state index in [0.29, 0.717) is 12.3 Å². The molecule has 0 aliphatic heterocycles. The Balaban J connectivity index is 3.62. The zero-order chi connectivity index (χ0) is 20.9. The van der Waals surface area contributed by atoms with Gasteiger partial charge in [0.15, 0.2) is 0 Å². The van der Waals surface area contributed by atoms with Crippen molar-refractivity contribution in [3.8, 4) is 11.8 Å². The third-order valence-electron chi connectivity index (χ3n) is 5.62. The second kappa shape index (κ2) is 19.8. The minimum absolute atomic E-state index is 0.317. The molecule has 1 unspecified atom stereocenters. The number of hydrogen-bond acceptors (Lipinski definition) is 2. The van der Waals surface area contributed by atoms with E-state index < -0.39 is 5.79 Å². The molecule has 0 spiro atoms.